The van der Waals surface area contributed by atoms with E-state index in [1.54, 1.807) is 45.0 Å². The largest absolute Gasteiger partial charge is 0.465 e. The first-order valence-corrected chi connectivity index (χ1v) is 20.5. The molecule has 4 atom stereocenters. The lowest BCUT2D eigenvalue weighted by Crippen LogP contribution is -2.49. The second kappa shape index (κ2) is 18.4. The molecule has 15 nitrogen and oxygen atoms in total. The number of hydrogen-bond donors (Lipinski definition) is 6. The molecule has 7 rings (SSSR count). The van der Waals surface area contributed by atoms with Gasteiger partial charge in [-0.3, -0.25) is 19.2 Å². The number of carboxylic acid groups (broad SMARTS) is 1. The first kappa shape index (κ1) is 43.8. The van der Waals surface area contributed by atoms with E-state index < -0.39 is 77.2 Å². The van der Waals surface area contributed by atoms with E-state index in [1.807, 2.05) is 24.3 Å². The average Bonchev–Trinajstić information content (AvgIpc) is 4.03. The summed E-state index contributed by atoms with van der Waals surface area (Å²) in [5.74, 6) is -3.03. The molecule has 328 valence electrons. The lowest BCUT2D eigenvalue weighted by molar-refractivity contribution is -0.138. The zero-order valence-electron chi connectivity index (χ0n) is 34.7. The molecule has 0 bridgehead atoms. The standard InChI is InChI=1S/C46H47F2N7O8/c1-46(2,3)63-45(62)53-39(28-10-16-31(48)17-11-28)43(59)55-23-5-7-37(55)41(57)50-33-20-21-34-29(24-33)25-35(51-34)26-12-18-32(19-13-26)49-40(56)36-6-4-22-54(36)42(58)38(52-44(60)61)27-8-14-30(47)15-9-27/h8-21,24-25,36-39,51-52H,4-7,22-23H2,1-3H3,(H,49,56)(H,50,57)(H,53,62)(H,60,61)/t36-,37-,38?,39?/m0/s1. The minimum atomic E-state index is -1.44. The van der Waals surface area contributed by atoms with Crippen molar-refractivity contribution in [2.45, 2.75) is 76.2 Å². The van der Waals surface area contributed by atoms with Gasteiger partial charge in [-0.15, -0.1) is 0 Å². The summed E-state index contributed by atoms with van der Waals surface area (Å²) < 4.78 is 32.8. The van der Waals surface area contributed by atoms with E-state index in [2.05, 4.69) is 26.3 Å². The van der Waals surface area contributed by atoms with Gasteiger partial charge in [-0.1, -0.05) is 36.4 Å². The van der Waals surface area contributed by atoms with Crippen LogP contribution in [0.1, 0.15) is 69.7 Å². The van der Waals surface area contributed by atoms with Crippen molar-refractivity contribution in [1.29, 1.82) is 0 Å². The van der Waals surface area contributed by atoms with Gasteiger partial charge in [0.25, 0.3) is 11.8 Å². The van der Waals surface area contributed by atoms with Crippen molar-refractivity contribution in [2.75, 3.05) is 23.7 Å². The predicted octanol–water partition coefficient (Wildman–Crippen LogP) is 7.25. The highest BCUT2D eigenvalue weighted by molar-refractivity contribution is 6.01. The quantitative estimate of drug-likeness (QED) is 0.0797. The molecule has 0 saturated carbocycles. The number of aromatic amines is 1. The number of carbonyl (C=O) groups is 6. The fourth-order valence-corrected chi connectivity index (χ4v) is 7.92. The van der Waals surface area contributed by atoms with Gasteiger partial charge in [0.1, 0.15) is 41.4 Å². The van der Waals surface area contributed by atoms with Crippen LogP contribution in [0.4, 0.5) is 29.7 Å². The number of hydrogen-bond acceptors (Lipinski definition) is 7. The van der Waals surface area contributed by atoms with Crippen molar-refractivity contribution < 1.29 is 47.4 Å². The summed E-state index contributed by atoms with van der Waals surface area (Å²) in [4.78, 5) is 85.3. The van der Waals surface area contributed by atoms with E-state index in [1.165, 1.54) is 46.2 Å². The van der Waals surface area contributed by atoms with Gasteiger partial charge in [0.05, 0.1) is 0 Å². The summed E-state index contributed by atoms with van der Waals surface area (Å²) >= 11 is 0. The smallest absolute Gasteiger partial charge is 0.408 e. The van der Waals surface area contributed by atoms with Crippen molar-refractivity contribution in [3.05, 3.63) is 120 Å². The Kier molecular flexibility index (Phi) is 12.8. The Morgan fingerprint density at radius 1 is 0.683 bits per heavy atom. The molecule has 0 aliphatic carbocycles. The van der Waals surface area contributed by atoms with E-state index in [-0.39, 0.29) is 18.7 Å². The molecule has 17 heteroatoms. The molecule has 6 amide bonds. The van der Waals surface area contributed by atoms with Gasteiger partial charge in [-0.2, -0.15) is 0 Å². The van der Waals surface area contributed by atoms with Crippen molar-refractivity contribution in [3.8, 4) is 11.3 Å². The molecule has 4 aromatic carbocycles. The molecule has 3 heterocycles. The SMILES string of the molecule is CC(C)(C)OC(=O)NC(C(=O)N1CCC[C@H]1C(=O)Nc1ccc2[nH]c(-c3ccc(NC(=O)[C@@H]4CCCN4C(=O)C(NC(=O)O)c4ccc(F)cc4)cc3)cc2c1)c1ccc(F)cc1. The number of H-pyrrole nitrogens is 1. The minimum Gasteiger partial charge on any atom is -0.465 e. The maximum absolute atomic E-state index is 14.0. The van der Waals surface area contributed by atoms with Crippen LogP contribution in [0, 0.1) is 11.6 Å². The highest BCUT2D eigenvalue weighted by Gasteiger charge is 2.40. The molecule has 63 heavy (non-hydrogen) atoms. The van der Waals surface area contributed by atoms with Crippen LogP contribution in [0.25, 0.3) is 22.2 Å². The maximum Gasteiger partial charge on any atom is 0.408 e. The fraction of sp³-hybridized carbons (Fsp3) is 0.304. The predicted molar refractivity (Wildman–Crippen MR) is 229 cm³/mol. The number of benzene rings is 4. The number of fused-ring (bicyclic) bond motifs is 1. The van der Waals surface area contributed by atoms with Crippen LogP contribution in [-0.2, 0) is 23.9 Å². The molecule has 2 saturated heterocycles. The number of amides is 6. The summed E-state index contributed by atoms with van der Waals surface area (Å²) in [6.45, 7) is 5.59. The van der Waals surface area contributed by atoms with Gasteiger partial charge >= 0.3 is 12.2 Å². The van der Waals surface area contributed by atoms with Gasteiger partial charge in [-0.25, -0.2) is 18.4 Å². The minimum absolute atomic E-state index is 0.244. The van der Waals surface area contributed by atoms with E-state index >= 15 is 0 Å². The Balaban J connectivity index is 0.994. The average molecular weight is 864 g/mol. The summed E-state index contributed by atoms with van der Waals surface area (Å²) in [6, 6.07) is 20.2. The summed E-state index contributed by atoms with van der Waals surface area (Å²) in [5.41, 5.74) is 3.07. The third-order valence-corrected chi connectivity index (χ3v) is 10.9. The molecule has 2 fully saturated rings. The number of nitrogens with one attached hydrogen (secondary N) is 5. The number of halogens is 2. The molecule has 2 aliphatic rings. The lowest BCUT2D eigenvalue weighted by atomic mass is 10.0. The van der Waals surface area contributed by atoms with Crippen LogP contribution >= 0.6 is 0 Å². The van der Waals surface area contributed by atoms with Crippen LogP contribution in [0.15, 0.2) is 97.1 Å². The summed E-state index contributed by atoms with van der Waals surface area (Å²) in [7, 11) is 0. The third-order valence-electron chi connectivity index (χ3n) is 10.9. The van der Waals surface area contributed by atoms with Gasteiger partial charge in [-0.05, 0) is 124 Å². The fourth-order valence-electron chi connectivity index (χ4n) is 7.92. The highest BCUT2D eigenvalue weighted by Crippen LogP contribution is 2.30. The van der Waals surface area contributed by atoms with Crippen LogP contribution in [0.5, 0.6) is 0 Å². The van der Waals surface area contributed by atoms with Crippen molar-refractivity contribution in [3.63, 3.8) is 0 Å². The van der Waals surface area contributed by atoms with Crippen molar-refractivity contribution in [1.82, 2.24) is 25.4 Å². The number of nitrogens with zero attached hydrogens (tertiary/aromatic N) is 2. The molecule has 2 unspecified atom stereocenters. The van der Waals surface area contributed by atoms with E-state index in [9.17, 15) is 42.7 Å². The Morgan fingerprint density at radius 3 is 1.68 bits per heavy atom. The molecule has 1 aromatic heterocycles. The van der Waals surface area contributed by atoms with Crippen LogP contribution < -0.4 is 21.3 Å². The first-order valence-electron chi connectivity index (χ1n) is 20.5. The Labute approximate surface area is 361 Å². The first-order chi connectivity index (χ1) is 30.0. The molecule has 0 radical (unpaired) electrons. The normalized spacial score (nSPS) is 17.2. The Morgan fingerprint density at radius 2 is 1.17 bits per heavy atom. The summed E-state index contributed by atoms with van der Waals surface area (Å²) in [5, 5.41) is 20.8. The highest BCUT2D eigenvalue weighted by atomic mass is 19.1. The molecule has 2 aliphatic heterocycles. The van der Waals surface area contributed by atoms with E-state index in [4.69, 9.17) is 4.74 Å². The number of aromatic nitrogens is 1. The van der Waals surface area contributed by atoms with Gasteiger partial charge in [0, 0.05) is 41.1 Å². The third kappa shape index (κ3) is 10.4. The van der Waals surface area contributed by atoms with Gasteiger partial charge in [0.2, 0.25) is 11.8 Å². The monoisotopic (exact) mass is 863 g/mol. The number of likely N-dealkylation sites (tertiary alicyclic amines) is 2. The zero-order chi connectivity index (χ0) is 45.0. The van der Waals surface area contributed by atoms with E-state index in [0.29, 0.717) is 42.6 Å². The van der Waals surface area contributed by atoms with Gasteiger partial charge in [0.15, 0.2) is 0 Å². The molecular formula is C46H47F2N7O8. The number of carbonyl (C=O) groups excluding carboxylic acids is 5. The van der Waals surface area contributed by atoms with Gasteiger partial charge < -0.3 is 45.9 Å². The number of anilines is 2. The Hall–Kier alpha value is -7.30. The lowest BCUT2D eigenvalue weighted by Gasteiger charge is -2.29. The van der Waals surface area contributed by atoms with Crippen LogP contribution in [-0.4, -0.2) is 86.5 Å². The Bertz CT molecular complexity index is 2520. The molecule has 0 spiro atoms. The molecule has 5 aromatic rings. The zero-order valence-corrected chi connectivity index (χ0v) is 34.7. The van der Waals surface area contributed by atoms with Crippen molar-refractivity contribution >= 4 is 58.1 Å². The van der Waals surface area contributed by atoms with Crippen LogP contribution in [0.2, 0.25) is 0 Å². The second-order valence-electron chi connectivity index (χ2n) is 16.5. The van der Waals surface area contributed by atoms with E-state index in [0.717, 1.165) is 34.3 Å². The molecule has 6 N–H and O–H groups in total. The maximum atomic E-state index is 14.0. The topological polar surface area (TPSA) is 202 Å². The molecular weight excluding hydrogens is 817 g/mol. The number of alkyl carbamates (subject to hydrolysis) is 1. The van der Waals surface area contributed by atoms with Crippen molar-refractivity contribution in [2.24, 2.45) is 0 Å². The number of rotatable bonds is 11. The second-order valence-corrected chi connectivity index (χ2v) is 16.5. The number of ether oxygens (including phenoxy) is 1. The van der Waals surface area contributed by atoms with Crippen LogP contribution in [0.3, 0.4) is 0 Å². The summed E-state index contributed by atoms with van der Waals surface area (Å²) in [6.07, 6.45) is -0.412.